The summed E-state index contributed by atoms with van der Waals surface area (Å²) in [5, 5.41) is 26.0. The van der Waals surface area contributed by atoms with Crippen molar-refractivity contribution in [2.24, 2.45) is 5.92 Å². The summed E-state index contributed by atoms with van der Waals surface area (Å²) in [5.74, 6) is 0.549. The lowest BCUT2D eigenvalue weighted by Gasteiger charge is -2.35. The first-order valence-electron chi connectivity index (χ1n) is 13.9. The molecule has 1 aliphatic carbocycles. The maximum absolute atomic E-state index is 13.4. The molecule has 0 bridgehead atoms. The second kappa shape index (κ2) is 10.8. The van der Waals surface area contributed by atoms with Gasteiger partial charge in [-0.25, -0.2) is 9.37 Å². The van der Waals surface area contributed by atoms with Gasteiger partial charge in [0.1, 0.15) is 5.82 Å². The maximum atomic E-state index is 13.4. The Morgan fingerprint density at radius 3 is 2.41 bits per heavy atom. The number of halogens is 1. The molecule has 1 amide bonds. The van der Waals surface area contributed by atoms with Gasteiger partial charge in [0, 0.05) is 30.5 Å². The van der Waals surface area contributed by atoms with E-state index in [0.717, 1.165) is 53.5 Å². The van der Waals surface area contributed by atoms with Crippen molar-refractivity contribution >= 4 is 16.9 Å². The lowest BCUT2D eigenvalue weighted by molar-refractivity contribution is -0.138. The molecule has 0 unspecified atom stereocenters. The Hall–Kier alpha value is -3.72. The third-order valence-electron chi connectivity index (χ3n) is 8.38. The fourth-order valence-electron chi connectivity index (χ4n) is 6.09. The normalized spacial score (nSPS) is 20.5. The molecule has 2 aromatic heterocycles. The molecule has 6 rings (SSSR count). The van der Waals surface area contributed by atoms with E-state index in [1.54, 1.807) is 12.1 Å². The second-order valence-corrected chi connectivity index (χ2v) is 10.9. The fraction of sp³-hybridized carbons (Fsp3) is 0.433. The highest BCUT2D eigenvalue weighted by Gasteiger charge is 2.33. The Bertz CT molecular complexity index is 1410. The Morgan fingerprint density at radius 1 is 0.974 bits per heavy atom. The molecule has 1 aliphatic heterocycles. The number of aliphatic hydroxyl groups is 1. The summed E-state index contributed by atoms with van der Waals surface area (Å²) in [4.78, 5) is 23.0. The summed E-state index contributed by atoms with van der Waals surface area (Å²) < 4.78 is 14.9. The van der Waals surface area contributed by atoms with Gasteiger partial charge in [-0.3, -0.25) is 4.79 Å². The van der Waals surface area contributed by atoms with Gasteiger partial charge in [-0.15, -0.1) is 0 Å². The zero-order valence-electron chi connectivity index (χ0n) is 21.9. The number of benzene rings is 2. The van der Waals surface area contributed by atoms with E-state index in [-0.39, 0.29) is 35.5 Å². The minimum atomic E-state index is -0.275. The number of hydrogen-bond donors (Lipinski definition) is 3. The SMILES string of the molecule is O=C(C1CCC(O)CC1)N1CCC(c2nn(-c3nc4ccccc4[nH]3)c(O)c2CCc2ccc(F)cc2)CC1. The highest BCUT2D eigenvalue weighted by molar-refractivity contribution is 5.79. The molecule has 8 nitrogen and oxygen atoms in total. The number of fused-ring (bicyclic) bond motifs is 1. The number of aromatic hydroxyl groups is 1. The van der Waals surface area contributed by atoms with Crippen molar-refractivity contribution in [2.75, 3.05) is 13.1 Å². The topological polar surface area (TPSA) is 107 Å². The highest BCUT2D eigenvalue weighted by atomic mass is 19.1. The number of H-pyrrole nitrogens is 1. The van der Waals surface area contributed by atoms with Gasteiger partial charge in [0.05, 0.1) is 22.8 Å². The number of imidazole rings is 1. The molecule has 2 aliphatic rings. The number of aryl methyl sites for hydroxylation is 1. The molecule has 3 heterocycles. The molecule has 9 heteroatoms. The van der Waals surface area contributed by atoms with Crippen molar-refractivity contribution in [3.63, 3.8) is 0 Å². The van der Waals surface area contributed by atoms with Gasteiger partial charge in [0.25, 0.3) is 0 Å². The lowest BCUT2D eigenvalue weighted by Crippen LogP contribution is -2.42. The molecular weight excluding hydrogens is 497 g/mol. The number of nitrogens with zero attached hydrogens (tertiary/aromatic N) is 4. The first kappa shape index (κ1) is 25.6. The van der Waals surface area contributed by atoms with Crippen LogP contribution in [0.2, 0.25) is 0 Å². The molecule has 0 radical (unpaired) electrons. The van der Waals surface area contributed by atoms with Crippen LogP contribution >= 0.6 is 0 Å². The van der Waals surface area contributed by atoms with Gasteiger partial charge in [0.2, 0.25) is 17.7 Å². The number of para-hydroxylation sites is 2. The first-order valence-corrected chi connectivity index (χ1v) is 13.9. The summed E-state index contributed by atoms with van der Waals surface area (Å²) in [5.41, 5.74) is 4.24. The molecular formula is C30H34FN5O3. The smallest absolute Gasteiger partial charge is 0.232 e. The predicted molar refractivity (Wildman–Crippen MR) is 145 cm³/mol. The number of hydrogen-bond acceptors (Lipinski definition) is 5. The van der Waals surface area contributed by atoms with Gasteiger partial charge in [0.15, 0.2) is 0 Å². The quantitative estimate of drug-likeness (QED) is 0.336. The van der Waals surface area contributed by atoms with Crippen LogP contribution in [0.5, 0.6) is 5.88 Å². The van der Waals surface area contributed by atoms with Crippen LogP contribution < -0.4 is 0 Å². The first-order chi connectivity index (χ1) is 19.0. The largest absolute Gasteiger partial charge is 0.493 e. The van der Waals surface area contributed by atoms with Crippen LogP contribution in [-0.4, -0.2) is 60.0 Å². The van der Waals surface area contributed by atoms with E-state index in [4.69, 9.17) is 5.10 Å². The summed E-state index contributed by atoms with van der Waals surface area (Å²) in [6.07, 6.45) is 5.34. The van der Waals surface area contributed by atoms with Crippen LogP contribution in [0.1, 0.15) is 61.3 Å². The molecule has 2 fully saturated rings. The summed E-state index contributed by atoms with van der Waals surface area (Å²) in [6, 6.07) is 14.1. The number of rotatable bonds is 6. The van der Waals surface area contributed by atoms with E-state index < -0.39 is 0 Å². The van der Waals surface area contributed by atoms with Crippen LogP contribution in [0.25, 0.3) is 17.0 Å². The van der Waals surface area contributed by atoms with Gasteiger partial charge in [-0.05, 0) is 81.2 Å². The Balaban J connectivity index is 1.24. The average Bonchev–Trinajstić information content (AvgIpc) is 3.53. The van der Waals surface area contributed by atoms with Gasteiger partial charge in [-0.2, -0.15) is 9.78 Å². The number of aliphatic hydroxyl groups excluding tert-OH is 1. The van der Waals surface area contributed by atoms with E-state index in [0.29, 0.717) is 44.7 Å². The Labute approximate surface area is 226 Å². The molecule has 204 valence electrons. The number of amides is 1. The summed E-state index contributed by atoms with van der Waals surface area (Å²) in [6.45, 7) is 1.30. The van der Waals surface area contributed by atoms with Crippen LogP contribution in [0.4, 0.5) is 4.39 Å². The molecule has 0 atom stereocenters. The van der Waals surface area contributed by atoms with E-state index in [9.17, 15) is 19.4 Å². The molecule has 3 N–H and O–H groups in total. The number of aromatic amines is 1. The Morgan fingerprint density at radius 2 is 1.69 bits per heavy atom. The summed E-state index contributed by atoms with van der Waals surface area (Å²) >= 11 is 0. The van der Waals surface area contributed by atoms with Gasteiger partial charge >= 0.3 is 0 Å². The molecule has 1 saturated heterocycles. The van der Waals surface area contributed by atoms with Crippen LogP contribution in [0.15, 0.2) is 48.5 Å². The highest BCUT2D eigenvalue weighted by Crippen LogP contribution is 2.37. The zero-order valence-corrected chi connectivity index (χ0v) is 21.9. The molecule has 0 spiro atoms. The minimum absolute atomic E-state index is 0.00700. The van der Waals surface area contributed by atoms with E-state index in [1.165, 1.54) is 16.8 Å². The minimum Gasteiger partial charge on any atom is -0.493 e. The molecule has 2 aromatic carbocycles. The number of aromatic nitrogens is 4. The van der Waals surface area contributed by atoms with Gasteiger partial charge in [-0.1, -0.05) is 24.3 Å². The number of carbonyl (C=O) groups excluding carboxylic acids is 1. The fourth-order valence-corrected chi connectivity index (χ4v) is 6.09. The van der Waals surface area contributed by atoms with Crippen molar-refractivity contribution < 1.29 is 19.4 Å². The second-order valence-electron chi connectivity index (χ2n) is 10.9. The maximum Gasteiger partial charge on any atom is 0.232 e. The van der Waals surface area contributed by atoms with E-state index in [1.807, 2.05) is 29.2 Å². The Kier molecular flexibility index (Phi) is 7.08. The monoisotopic (exact) mass is 531 g/mol. The van der Waals surface area contributed by atoms with Crippen molar-refractivity contribution in [2.45, 2.75) is 63.4 Å². The van der Waals surface area contributed by atoms with Crippen LogP contribution in [0.3, 0.4) is 0 Å². The van der Waals surface area contributed by atoms with Crippen molar-refractivity contribution in [3.05, 3.63) is 71.2 Å². The van der Waals surface area contributed by atoms with E-state index in [2.05, 4.69) is 9.97 Å². The number of carbonyl (C=O) groups is 1. The lowest BCUT2D eigenvalue weighted by atomic mass is 9.85. The third-order valence-corrected chi connectivity index (χ3v) is 8.38. The molecule has 39 heavy (non-hydrogen) atoms. The zero-order chi connectivity index (χ0) is 26.9. The van der Waals surface area contributed by atoms with Crippen LogP contribution in [-0.2, 0) is 17.6 Å². The number of likely N-dealkylation sites (tertiary alicyclic amines) is 1. The average molecular weight is 532 g/mol. The van der Waals surface area contributed by atoms with Crippen molar-refractivity contribution in [1.29, 1.82) is 0 Å². The molecule has 4 aromatic rings. The predicted octanol–water partition coefficient (Wildman–Crippen LogP) is 4.64. The number of nitrogens with one attached hydrogen (secondary N) is 1. The van der Waals surface area contributed by atoms with Crippen molar-refractivity contribution in [3.8, 4) is 11.8 Å². The third kappa shape index (κ3) is 5.28. The standard InChI is InChI=1S/C30H34FN5O3/c31-22-10-5-19(6-11-22)7-14-24-27(34-36(29(24)39)30-32-25-3-1-2-4-26(25)33-30)20-15-17-35(18-16-20)28(38)21-8-12-23(37)13-9-21/h1-6,10-11,20-21,23,37,39H,7-9,12-18H2,(H,32,33). The van der Waals surface area contributed by atoms with Gasteiger partial charge < -0.3 is 20.1 Å². The van der Waals surface area contributed by atoms with Crippen molar-refractivity contribution in [1.82, 2.24) is 24.6 Å². The molecule has 1 saturated carbocycles. The number of piperidine rings is 1. The van der Waals surface area contributed by atoms with E-state index >= 15 is 0 Å². The van der Waals surface area contributed by atoms with Crippen LogP contribution in [0, 0.1) is 11.7 Å². The summed E-state index contributed by atoms with van der Waals surface area (Å²) in [7, 11) is 0.